The van der Waals surface area contributed by atoms with Crippen molar-refractivity contribution < 1.29 is 35.8 Å². The number of aromatic nitrogens is 3. The smallest absolute Gasteiger partial charge is 0.367 e. The summed E-state index contributed by atoms with van der Waals surface area (Å²) in [6.45, 7) is 3.01. The van der Waals surface area contributed by atoms with Crippen LogP contribution in [0.4, 0.5) is 49.2 Å². The van der Waals surface area contributed by atoms with Gasteiger partial charge in [-0.25, -0.2) is 9.97 Å². The van der Waals surface area contributed by atoms with E-state index >= 15 is 0 Å². The summed E-state index contributed by atoms with van der Waals surface area (Å²) in [7, 11) is 0. The van der Waals surface area contributed by atoms with Crippen LogP contribution in [0.5, 0.6) is 0 Å². The van der Waals surface area contributed by atoms with Gasteiger partial charge in [0.15, 0.2) is 0 Å². The van der Waals surface area contributed by atoms with Gasteiger partial charge in [-0.15, -0.1) is 0 Å². The number of morpholine rings is 2. The second kappa shape index (κ2) is 12.3. The van der Waals surface area contributed by atoms with Crippen LogP contribution in [-0.4, -0.2) is 53.3 Å². The molecule has 2 aromatic carbocycles. The summed E-state index contributed by atoms with van der Waals surface area (Å²) in [5.74, 6) is -1.06. The minimum atomic E-state index is -4.56. The first-order chi connectivity index (χ1) is 22.9. The molecule has 4 bridgehead atoms. The van der Waals surface area contributed by atoms with E-state index in [1.165, 1.54) is 12.1 Å². The molecule has 8 rings (SSSR count). The predicted molar refractivity (Wildman–Crippen MR) is 164 cm³/mol. The Bertz CT molecular complexity index is 1610. The molecule has 0 radical (unpaired) electrons. The van der Waals surface area contributed by atoms with E-state index in [1.807, 2.05) is 48.5 Å². The number of hydrogen-bond donors (Lipinski definition) is 4. The van der Waals surface area contributed by atoms with Gasteiger partial charge in [0.1, 0.15) is 22.7 Å². The highest BCUT2D eigenvalue weighted by molar-refractivity contribution is 5.60. The molecule has 4 fully saturated rings. The Hall–Kier alpha value is -4.31. The quantitative estimate of drug-likeness (QED) is 0.177. The first-order valence-corrected chi connectivity index (χ1v) is 15.3. The highest BCUT2D eigenvalue weighted by Crippen LogP contribution is 2.42. The Morgan fingerprint density at radius 2 is 1.19 bits per heavy atom. The van der Waals surface area contributed by atoms with Crippen molar-refractivity contribution in [1.82, 2.24) is 25.6 Å². The van der Waals surface area contributed by atoms with Crippen LogP contribution in [0.1, 0.15) is 35.5 Å². The molecule has 0 amide bonds. The number of nitrogens with one attached hydrogen (secondary N) is 4. The van der Waals surface area contributed by atoms with Crippen LogP contribution in [0.2, 0.25) is 0 Å². The molecule has 4 saturated heterocycles. The minimum Gasteiger partial charge on any atom is -0.367 e. The van der Waals surface area contributed by atoms with Gasteiger partial charge in [-0.2, -0.15) is 26.3 Å². The second-order valence-electron chi connectivity index (χ2n) is 12.3. The summed E-state index contributed by atoms with van der Waals surface area (Å²) in [5.41, 5.74) is 2.43. The maximum atomic E-state index is 12.7. The first-order valence-electron chi connectivity index (χ1n) is 15.3. The van der Waals surface area contributed by atoms with Crippen molar-refractivity contribution in [3.05, 3.63) is 102 Å². The average molecular weight is 672 g/mol. The average Bonchev–Trinajstić information content (AvgIpc) is 3.88. The van der Waals surface area contributed by atoms with E-state index in [-0.39, 0.29) is 17.0 Å². The highest BCUT2D eigenvalue weighted by Gasteiger charge is 2.48. The number of fused-ring (bicyclic) bond motifs is 4. The van der Waals surface area contributed by atoms with Crippen LogP contribution in [0.3, 0.4) is 0 Å². The summed E-state index contributed by atoms with van der Waals surface area (Å²) in [6.07, 6.45) is -4.88. The monoisotopic (exact) mass is 671 g/mol. The molecule has 0 aliphatic carbocycles. The van der Waals surface area contributed by atoms with Crippen LogP contribution in [0.15, 0.2) is 79.1 Å². The fourth-order valence-corrected chi connectivity index (χ4v) is 6.54. The fourth-order valence-electron chi connectivity index (χ4n) is 6.54. The van der Waals surface area contributed by atoms with Crippen LogP contribution in [0, 0.1) is 0 Å². The van der Waals surface area contributed by atoms with E-state index < -0.39 is 23.9 Å². The molecule has 4 atom stereocenters. The number of hydrogen-bond acceptors (Lipinski definition) is 9. The zero-order valence-corrected chi connectivity index (χ0v) is 25.3. The summed E-state index contributed by atoms with van der Waals surface area (Å²) in [5, 5.41) is 12.7. The summed E-state index contributed by atoms with van der Waals surface area (Å²) < 4.78 is 87.9. The Kier molecular flexibility index (Phi) is 8.26. The van der Waals surface area contributed by atoms with Crippen molar-refractivity contribution in [2.75, 3.05) is 36.9 Å². The third kappa shape index (κ3) is 6.67. The van der Waals surface area contributed by atoms with E-state index in [9.17, 15) is 26.3 Å². The molecule has 0 spiro atoms. The number of ether oxygens (including phenoxy) is 2. The van der Waals surface area contributed by atoms with Gasteiger partial charge in [-0.1, -0.05) is 24.3 Å². The molecule has 0 unspecified atom stereocenters. The van der Waals surface area contributed by atoms with Gasteiger partial charge < -0.3 is 30.7 Å². The van der Waals surface area contributed by atoms with E-state index in [2.05, 4.69) is 36.2 Å². The van der Waals surface area contributed by atoms with Crippen LogP contribution in [0.25, 0.3) is 0 Å². The molecule has 15 heteroatoms. The molecular formula is C33H31F6N7O2. The van der Waals surface area contributed by atoms with Crippen LogP contribution < -0.4 is 21.3 Å². The highest BCUT2D eigenvalue weighted by atomic mass is 19.4. The molecule has 9 nitrogen and oxygen atoms in total. The van der Waals surface area contributed by atoms with Crippen LogP contribution in [-0.2, 0) is 33.0 Å². The van der Waals surface area contributed by atoms with Crippen molar-refractivity contribution in [3.8, 4) is 0 Å². The largest absolute Gasteiger partial charge is 0.451 e. The van der Waals surface area contributed by atoms with E-state index in [4.69, 9.17) is 9.47 Å². The minimum absolute atomic E-state index is 0.1000. The number of pyridine rings is 1. The first kappa shape index (κ1) is 32.2. The summed E-state index contributed by atoms with van der Waals surface area (Å²) >= 11 is 0. The SMILES string of the molecule is FC(F)(F)c1cc(Nc2ccc([C@@]34CN[C@@H](CO3)C4)cc2)ccn1.FC(F)(F)c1nccc(Nc2ccc([C@@]34CN[C@@H](CO3)C4)cc2)n1. The van der Waals surface area contributed by atoms with Crippen molar-refractivity contribution in [3.63, 3.8) is 0 Å². The number of rotatable bonds is 6. The fraction of sp³-hybridized carbons (Fsp3) is 0.364. The van der Waals surface area contributed by atoms with Crippen molar-refractivity contribution >= 4 is 22.9 Å². The normalized spacial score (nSPS) is 25.9. The molecule has 4 aliphatic heterocycles. The standard InChI is InChI=1S/C17H16F3N3O.C16H15F3N4O/c18-17(19,20)15-7-13(5-6-21-15)23-12-3-1-11(2-4-12)16-8-14(9-24-16)22-10-16;17-16(18,19)14-20-6-5-13(23-14)22-11-3-1-10(2-4-11)15-7-12(8-24-15)21-9-15/h1-7,14,22H,8-10H2,(H,21,23);1-6,12,21H,7-9H2,(H,20,22,23)/t14-,16-;12-,15-/m11/s1. The lowest BCUT2D eigenvalue weighted by Crippen LogP contribution is -2.37. The summed E-state index contributed by atoms with van der Waals surface area (Å²) in [4.78, 5) is 10.1. The van der Waals surface area contributed by atoms with Gasteiger partial charge in [0.25, 0.3) is 0 Å². The number of alkyl halides is 6. The lowest BCUT2D eigenvalue weighted by molar-refractivity contribution is -0.145. The Morgan fingerprint density at radius 3 is 1.65 bits per heavy atom. The van der Waals surface area contributed by atoms with Crippen molar-refractivity contribution in [1.29, 1.82) is 0 Å². The second-order valence-corrected chi connectivity index (χ2v) is 12.3. The van der Waals surface area contributed by atoms with E-state index in [1.54, 1.807) is 0 Å². The molecule has 252 valence electrons. The number of halogens is 6. The maximum Gasteiger partial charge on any atom is 0.451 e. The van der Waals surface area contributed by atoms with Gasteiger partial charge in [0, 0.05) is 54.6 Å². The third-order valence-electron chi connectivity index (χ3n) is 8.97. The zero-order valence-electron chi connectivity index (χ0n) is 25.3. The van der Waals surface area contributed by atoms with E-state index in [0.29, 0.717) is 30.1 Å². The molecule has 48 heavy (non-hydrogen) atoms. The zero-order chi connectivity index (χ0) is 33.6. The molecule has 2 aromatic heterocycles. The van der Waals surface area contributed by atoms with Gasteiger partial charge in [-0.3, -0.25) is 4.98 Å². The number of benzene rings is 2. The molecule has 0 saturated carbocycles. The lowest BCUT2D eigenvalue weighted by Gasteiger charge is -2.27. The van der Waals surface area contributed by atoms with Crippen molar-refractivity contribution in [2.45, 2.75) is 48.5 Å². The molecule has 6 heterocycles. The van der Waals surface area contributed by atoms with Gasteiger partial charge in [0.05, 0.1) is 13.2 Å². The van der Waals surface area contributed by atoms with Gasteiger partial charge in [0.2, 0.25) is 5.82 Å². The number of nitrogens with zero attached hydrogens (tertiary/aromatic N) is 3. The molecule has 4 N–H and O–H groups in total. The molecule has 4 aromatic rings. The topological polar surface area (TPSA) is 105 Å². The third-order valence-corrected chi connectivity index (χ3v) is 8.97. The molecule has 4 aliphatic rings. The van der Waals surface area contributed by atoms with Crippen molar-refractivity contribution in [2.24, 2.45) is 0 Å². The number of anilines is 4. The van der Waals surface area contributed by atoms with Crippen LogP contribution >= 0.6 is 0 Å². The Balaban J connectivity index is 0.000000152. The maximum absolute atomic E-state index is 12.7. The Labute approximate surface area is 271 Å². The Morgan fingerprint density at radius 1 is 0.646 bits per heavy atom. The van der Waals surface area contributed by atoms with Gasteiger partial charge >= 0.3 is 12.4 Å². The van der Waals surface area contributed by atoms with E-state index in [0.717, 1.165) is 67.8 Å². The predicted octanol–water partition coefficient (Wildman–Crippen LogP) is 6.26. The lowest BCUT2D eigenvalue weighted by atomic mass is 9.93. The summed E-state index contributed by atoms with van der Waals surface area (Å²) in [6, 6.07) is 19.9. The van der Waals surface area contributed by atoms with Gasteiger partial charge in [-0.05, 0) is 66.4 Å². The molecular weight excluding hydrogens is 640 g/mol.